The Bertz CT molecular complexity index is 1090. The second-order valence-corrected chi connectivity index (χ2v) is 6.98. The van der Waals surface area contributed by atoms with Gasteiger partial charge in [0.1, 0.15) is 0 Å². The first-order chi connectivity index (χ1) is 16.0. The van der Waals surface area contributed by atoms with Crippen LogP contribution in [0.15, 0.2) is 65.3 Å². The zero-order chi connectivity index (χ0) is 23.6. The number of ether oxygens (including phenoxy) is 2. The topological polar surface area (TPSA) is 119 Å². The Morgan fingerprint density at radius 2 is 1.55 bits per heavy atom. The molecule has 0 radical (unpaired) electrons. The van der Waals surface area contributed by atoms with E-state index in [1.165, 1.54) is 13.4 Å². The Morgan fingerprint density at radius 3 is 2.18 bits per heavy atom. The van der Waals surface area contributed by atoms with E-state index in [2.05, 4.69) is 16.0 Å². The van der Waals surface area contributed by atoms with E-state index in [4.69, 9.17) is 13.9 Å². The first-order valence-corrected chi connectivity index (χ1v) is 10.2. The molecule has 0 saturated carbocycles. The van der Waals surface area contributed by atoms with Gasteiger partial charge >= 0.3 is 0 Å². The molecule has 0 aliphatic heterocycles. The molecule has 0 unspecified atom stereocenters. The Kier molecular flexibility index (Phi) is 8.07. The highest BCUT2D eigenvalue weighted by Crippen LogP contribution is 2.27. The third-order valence-corrected chi connectivity index (χ3v) is 4.68. The number of methoxy groups -OCH3 is 2. The fraction of sp³-hybridized carbons (Fsp3) is 0.208. The van der Waals surface area contributed by atoms with Crippen LogP contribution in [-0.4, -0.2) is 45.0 Å². The number of furan rings is 1. The predicted octanol–water partition coefficient (Wildman–Crippen LogP) is 2.64. The highest BCUT2D eigenvalue weighted by molar-refractivity contribution is 5.96. The normalized spacial score (nSPS) is 10.2. The molecule has 2 aromatic carbocycles. The molecular weight excluding hydrogens is 426 g/mol. The molecule has 0 spiro atoms. The molecule has 33 heavy (non-hydrogen) atoms. The van der Waals surface area contributed by atoms with Crippen LogP contribution < -0.4 is 25.4 Å². The van der Waals surface area contributed by atoms with Crippen LogP contribution in [0, 0.1) is 0 Å². The van der Waals surface area contributed by atoms with Crippen LogP contribution in [0.1, 0.15) is 26.5 Å². The van der Waals surface area contributed by atoms with Crippen molar-refractivity contribution in [3.05, 3.63) is 77.7 Å². The SMILES string of the molecule is COc1ccc(CC(=O)Nc2ccc(C(=O)NCCNC(=O)c3ccco3)cc2)cc1OC. The quantitative estimate of drug-likeness (QED) is 0.408. The Labute approximate surface area is 191 Å². The lowest BCUT2D eigenvalue weighted by Gasteiger charge is -2.10. The van der Waals surface area contributed by atoms with Crippen molar-refractivity contribution < 1.29 is 28.3 Å². The molecule has 3 amide bonds. The molecule has 0 bridgehead atoms. The summed E-state index contributed by atoms with van der Waals surface area (Å²) >= 11 is 0. The summed E-state index contributed by atoms with van der Waals surface area (Å²) in [5.41, 5.74) is 1.79. The summed E-state index contributed by atoms with van der Waals surface area (Å²) in [6, 6.07) is 15.0. The van der Waals surface area contributed by atoms with Gasteiger partial charge in [-0.2, -0.15) is 0 Å². The number of rotatable bonds is 10. The predicted molar refractivity (Wildman–Crippen MR) is 122 cm³/mol. The molecule has 0 saturated heterocycles. The van der Waals surface area contributed by atoms with E-state index in [-0.39, 0.29) is 43.0 Å². The van der Waals surface area contributed by atoms with Crippen molar-refractivity contribution in [3.63, 3.8) is 0 Å². The number of amides is 3. The molecule has 172 valence electrons. The summed E-state index contributed by atoms with van der Waals surface area (Å²) in [5, 5.41) is 8.17. The second kappa shape index (κ2) is 11.4. The van der Waals surface area contributed by atoms with Crippen LogP contribution in [0.2, 0.25) is 0 Å². The number of hydrogen-bond donors (Lipinski definition) is 3. The van der Waals surface area contributed by atoms with Gasteiger partial charge in [0.25, 0.3) is 11.8 Å². The van der Waals surface area contributed by atoms with Gasteiger partial charge in [-0.15, -0.1) is 0 Å². The van der Waals surface area contributed by atoms with Crippen molar-refractivity contribution in [3.8, 4) is 11.5 Å². The molecule has 1 heterocycles. The van der Waals surface area contributed by atoms with E-state index in [1.54, 1.807) is 61.7 Å². The maximum Gasteiger partial charge on any atom is 0.287 e. The van der Waals surface area contributed by atoms with E-state index >= 15 is 0 Å². The smallest absolute Gasteiger partial charge is 0.287 e. The Morgan fingerprint density at radius 1 is 0.848 bits per heavy atom. The summed E-state index contributed by atoms with van der Waals surface area (Å²) in [5.74, 6) is 0.527. The number of benzene rings is 2. The van der Waals surface area contributed by atoms with Crippen LogP contribution in [0.25, 0.3) is 0 Å². The number of carbonyl (C=O) groups excluding carboxylic acids is 3. The van der Waals surface area contributed by atoms with Crippen LogP contribution in [-0.2, 0) is 11.2 Å². The van der Waals surface area contributed by atoms with Crippen molar-refractivity contribution >= 4 is 23.4 Å². The first-order valence-electron chi connectivity index (χ1n) is 10.2. The lowest BCUT2D eigenvalue weighted by molar-refractivity contribution is -0.115. The number of hydrogen-bond acceptors (Lipinski definition) is 6. The molecule has 0 aliphatic rings. The molecule has 0 atom stereocenters. The lowest BCUT2D eigenvalue weighted by Crippen LogP contribution is -2.34. The minimum atomic E-state index is -0.345. The average molecular weight is 451 g/mol. The van der Waals surface area contributed by atoms with Gasteiger partial charge in [0, 0.05) is 24.3 Å². The zero-order valence-corrected chi connectivity index (χ0v) is 18.3. The molecule has 3 aromatic rings. The lowest BCUT2D eigenvalue weighted by atomic mass is 10.1. The number of nitrogens with one attached hydrogen (secondary N) is 3. The van der Waals surface area contributed by atoms with Crippen molar-refractivity contribution in [2.75, 3.05) is 32.6 Å². The van der Waals surface area contributed by atoms with Crippen LogP contribution in [0.3, 0.4) is 0 Å². The van der Waals surface area contributed by atoms with Gasteiger partial charge in [0.15, 0.2) is 17.3 Å². The number of carbonyl (C=O) groups is 3. The van der Waals surface area contributed by atoms with Gasteiger partial charge in [-0.25, -0.2) is 0 Å². The van der Waals surface area contributed by atoms with Gasteiger partial charge in [-0.05, 0) is 54.1 Å². The third-order valence-electron chi connectivity index (χ3n) is 4.68. The van der Waals surface area contributed by atoms with Crippen LogP contribution in [0.5, 0.6) is 11.5 Å². The zero-order valence-electron chi connectivity index (χ0n) is 18.3. The Balaban J connectivity index is 1.44. The largest absolute Gasteiger partial charge is 0.493 e. The monoisotopic (exact) mass is 451 g/mol. The van der Waals surface area contributed by atoms with Crippen LogP contribution >= 0.6 is 0 Å². The molecule has 3 N–H and O–H groups in total. The van der Waals surface area contributed by atoms with Crippen molar-refractivity contribution in [2.24, 2.45) is 0 Å². The maximum atomic E-state index is 12.4. The van der Waals surface area contributed by atoms with Crippen molar-refractivity contribution in [1.82, 2.24) is 10.6 Å². The minimum absolute atomic E-state index is 0.159. The van der Waals surface area contributed by atoms with Gasteiger partial charge < -0.3 is 29.8 Å². The molecule has 3 rings (SSSR count). The molecular formula is C24H25N3O6. The van der Waals surface area contributed by atoms with Crippen LogP contribution in [0.4, 0.5) is 5.69 Å². The maximum absolute atomic E-state index is 12.4. The molecule has 0 aliphatic carbocycles. The van der Waals surface area contributed by atoms with E-state index < -0.39 is 0 Å². The summed E-state index contributed by atoms with van der Waals surface area (Å²) in [7, 11) is 3.09. The first kappa shape index (κ1) is 23.4. The Hall–Kier alpha value is -4.27. The highest BCUT2D eigenvalue weighted by Gasteiger charge is 2.11. The van der Waals surface area contributed by atoms with Crippen molar-refractivity contribution in [2.45, 2.75) is 6.42 Å². The summed E-state index contributed by atoms with van der Waals surface area (Å²) in [6.45, 7) is 0.519. The second-order valence-electron chi connectivity index (χ2n) is 6.98. The fourth-order valence-corrected chi connectivity index (χ4v) is 3.04. The fourth-order valence-electron chi connectivity index (χ4n) is 3.04. The standard InChI is InChI=1S/C24H25N3O6/c1-31-19-10-5-16(14-21(19)32-2)15-22(28)27-18-8-6-17(7-9-18)23(29)25-11-12-26-24(30)20-4-3-13-33-20/h3-10,13-14H,11-12,15H2,1-2H3,(H,25,29)(H,26,30)(H,27,28). The highest BCUT2D eigenvalue weighted by atomic mass is 16.5. The van der Waals surface area contributed by atoms with Gasteiger partial charge in [0.2, 0.25) is 5.91 Å². The summed E-state index contributed by atoms with van der Waals surface area (Å²) < 4.78 is 15.4. The molecule has 0 fully saturated rings. The average Bonchev–Trinajstić information content (AvgIpc) is 3.37. The van der Waals surface area contributed by atoms with Gasteiger partial charge in [-0.1, -0.05) is 6.07 Å². The van der Waals surface area contributed by atoms with Gasteiger partial charge in [0.05, 0.1) is 26.9 Å². The van der Waals surface area contributed by atoms with E-state index in [9.17, 15) is 14.4 Å². The minimum Gasteiger partial charge on any atom is -0.493 e. The van der Waals surface area contributed by atoms with Gasteiger partial charge in [-0.3, -0.25) is 14.4 Å². The third kappa shape index (κ3) is 6.60. The number of anilines is 1. The molecule has 1 aromatic heterocycles. The van der Waals surface area contributed by atoms with Crippen molar-refractivity contribution in [1.29, 1.82) is 0 Å². The summed E-state index contributed by atoms with van der Waals surface area (Å²) in [4.78, 5) is 36.4. The summed E-state index contributed by atoms with van der Waals surface area (Å²) in [6.07, 6.45) is 1.57. The molecule has 9 nitrogen and oxygen atoms in total. The van der Waals surface area contributed by atoms with E-state index in [0.29, 0.717) is 22.7 Å². The van der Waals surface area contributed by atoms with E-state index in [1.807, 2.05) is 0 Å². The van der Waals surface area contributed by atoms with E-state index in [0.717, 1.165) is 5.56 Å². The molecule has 9 heteroatoms.